The zero-order chi connectivity index (χ0) is 24.7. The van der Waals surface area contributed by atoms with Crippen LogP contribution < -0.4 is 10.2 Å². The first-order valence-electron chi connectivity index (χ1n) is 11.7. The summed E-state index contributed by atoms with van der Waals surface area (Å²) in [4.78, 5) is 29.1. The fourth-order valence-electron chi connectivity index (χ4n) is 4.67. The molecular weight excluding hydrogens is 506 g/mol. The van der Waals surface area contributed by atoms with E-state index < -0.39 is 6.04 Å². The van der Waals surface area contributed by atoms with E-state index in [-0.39, 0.29) is 17.1 Å². The van der Waals surface area contributed by atoms with Gasteiger partial charge in [0.05, 0.1) is 24.1 Å². The summed E-state index contributed by atoms with van der Waals surface area (Å²) in [5.41, 5.74) is 3.84. The van der Waals surface area contributed by atoms with Crippen LogP contribution in [0.15, 0.2) is 80.4 Å². The molecule has 178 valence electrons. The van der Waals surface area contributed by atoms with E-state index in [0.717, 1.165) is 21.3 Å². The quantitative estimate of drug-likeness (QED) is 0.286. The SMILES string of the molecule is COc1ccc(CCN2C(=O)c3oc4ccc(Br)cc4c(=O)c3C2c2ccc(C(C)C)cc2)cc1. The Balaban J connectivity index is 1.59. The van der Waals surface area contributed by atoms with E-state index in [4.69, 9.17) is 9.15 Å². The third-order valence-corrected chi connectivity index (χ3v) is 7.14. The molecule has 3 aromatic carbocycles. The molecule has 1 aromatic heterocycles. The molecule has 0 bridgehead atoms. The van der Waals surface area contributed by atoms with Gasteiger partial charge in [-0.25, -0.2) is 0 Å². The van der Waals surface area contributed by atoms with Crippen LogP contribution in [0, 0.1) is 0 Å². The van der Waals surface area contributed by atoms with Gasteiger partial charge in [-0.3, -0.25) is 9.59 Å². The van der Waals surface area contributed by atoms with Gasteiger partial charge in [-0.05, 0) is 59.4 Å². The van der Waals surface area contributed by atoms with Crippen molar-refractivity contribution in [2.24, 2.45) is 0 Å². The van der Waals surface area contributed by atoms with Crippen LogP contribution in [-0.2, 0) is 6.42 Å². The molecule has 1 aliphatic rings. The minimum Gasteiger partial charge on any atom is -0.497 e. The molecule has 1 amide bonds. The summed E-state index contributed by atoms with van der Waals surface area (Å²) in [5, 5.41) is 0.465. The molecular formula is C29H26BrNO4. The van der Waals surface area contributed by atoms with Gasteiger partial charge in [-0.2, -0.15) is 0 Å². The summed E-state index contributed by atoms with van der Waals surface area (Å²) in [6.45, 7) is 4.73. The molecule has 0 saturated heterocycles. The lowest BCUT2D eigenvalue weighted by atomic mass is 9.95. The van der Waals surface area contributed by atoms with Crippen molar-refractivity contribution in [3.63, 3.8) is 0 Å². The second kappa shape index (κ2) is 9.34. The van der Waals surface area contributed by atoms with Crippen LogP contribution >= 0.6 is 15.9 Å². The predicted molar refractivity (Wildman–Crippen MR) is 140 cm³/mol. The summed E-state index contributed by atoms with van der Waals surface area (Å²) >= 11 is 3.45. The Morgan fingerprint density at radius 3 is 2.37 bits per heavy atom. The first-order valence-corrected chi connectivity index (χ1v) is 12.5. The van der Waals surface area contributed by atoms with Crippen LogP contribution in [0.3, 0.4) is 0 Å². The van der Waals surface area contributed by atoms with Gasteiger partial charge < -0.3 is 14.1 Å². The van der Waals surface area contributed by atoms with Crippen molar-refractivity contribution >= 4 is 32.8 Å². The van der Waals surface area contributed by atoms with Gasteiger partial charge in [-0.15, -0.1) is 0 Å². The van der Waals surface area contributed by atoms with E-state index in [0.29, 0.717) is 35.4 Å². The summed E-state index contributed by atoms with van der Waals surface area (Å²) in [6.07, 6.45) is 0.642. The zero-order valence-corrected chi connectivity index (χ0v) is 21.5. The van der Waals surface area contributed by atoms with Crippen LogP contribution in [-0.4, -0.2) is 24.5 Å². The maximum atomic E-state index is 13.7. The molecule has 1 aliphatic heterocycles. The van der Waals surface area contributed by atoms with E-state index in [1.807, 2.05) is 36.4 Å². The second-order valence-electron chi connectivity index (χ2n) is 9.13. The van der Waals surface area contributed by atoms with Gasteiger partial charge in [0.25, 0.3) is 5.91 Å². The average molecular weight is 532 g/mol. The highest BCUT2D eigenvalue weighted by atomic mass is 79.9. The predicted octanol–water partition coefficient (Wildman–Crippen LogP) is 6.48. The molecule has 1 atom stereocenters. The van der Waals surface area contributed by atoms with Crippen molar-refractivity contribution < 1.29 is 13.9 Å². The third-order valence-electron chi connectivity index (χ3n) is 6.65. The average Bonchev–Trinajstić information content (AvgIpc) is 3.15. The lowest BCUT2D eigenvalue weighted by Gasteiger charge is -2.25. The number of rotatable bonds is 6. The molecule has 35 heavy (non-hydrogen) atoms. The van der Waals surface area contributed by atoms with Crippen molar-refractivity contribution in [1.82, 2.24) is 4.90 Å². The van der Waals surface area contributed by atoms with Crippen LogP contribution in [0.2, 0.25) is 0 Å². The third kappa shape index (κ3) is 4.27. The second-order valence-corrected chi connectivity index (χ2v) is 10.1. The minimum absolute atomic E-state index is 0.137. The lowest BCUT2D eigenvalue weighted by molar-refractivity contribution is 0.0730. The number of amides is 1. The lowest BCUT2D eigenvalue weighted by Crippen LogP contribution is -2.31. The van der Waals surface area contributed by atoms with Crippen LogP contribution in [0.25, 0.3) is 11.0 Å². The van der Waals surface area contributed by atoms with E-state index in [2.05, 4.69) is 41.9 Å². The fourth-order valence-corrected chi connectivity index (χ4v) is 5.04. The molecule has 0 aliphatic carbocycles. The Labute approximate surface area is 212 Å². The molecule has 1 unspecified atom stereocenters. The maximum absolute atomic E-state index is 13.7. The summed E-state index contributed by atoms with van der Waals surface area (Å²) in [6, 6.07) is 20.8. The number of ether oxygens (including phenoxy) is 1. The molecule has 0 fully saturated rings. The van der Waals surface area contributed by atoms with E-state index >= 15 is 0 Å². The van der Waals surface area contributed by atoms with Gasteiger partial charge in [-0.1, -0.05) is 66.2 Å². The van der Waals surface area contributed by atoms with E-state index in [9.17, 15) is 9.59 Å². The summed E-state index contributed by atoms with van der Waals surface area (Å²) < 4.78 is 12.1. The number of carbonyl (C=O) groups is 1. The van der Waals surface area contributed by atoms with Crippen LogP contribution in [0.5, 0.6) is 5.75 Å². The van der Waals surface area contributed by atoms with E-state index in [1.54, 1.807) is 30.2 Å². The fraction of sp³-hybridized carbons (Fsp3) is 0.241. The summed E-state index contributed by atoms with van der Waals surface area (Å²) in [7, 11) is 1.64. The number of nitrogens with zero attached hydrogens (tertiary/aromatic N) is 1. The molecule has 5 rings (SSSR count). The highest BCUT2D eigenvalue weighted by Crippen LogP contribution is 2.39. The number of hydrogen-bond acceptors (Lipinski definition) is 4. The molecule has 6 heteroatoms. The Hall–Kier alpha value is -3.38. The van der Waals surface area contributed by atoms with Crippen molar-refractivity contribution in [3.05, 3.63) is 109 Å². The minimum atomic E-state index is -0.503. The topological polar surface area (TPSA) is 59.8 Å². The molecule has 4 aromatic rings. The van der Waals surface area contributed by atoms with Crippen molar-refractivity contribution in [1.29, 1.82) is 0 Å². The Bertz CT molecular complexity index is 1460. The summed E-state index contributed by atoms with van der Waals surface area (Å²) in [5.74, 6) is 1.05. The van der Waals surface area contributed by atoms with Crippen molar-refractivity contribution in [2.45, 2.75) is 32.2 Å². The number of hydrogen-bond donors (Lipinski definition) is 0. The van der Waals surface area contributed by atoms with E-state index in [1.165, 1.54) is 5.56 Å². The Morgan fingerprint density at radius 1 is 1.00 bits per heavy atom. The number of fused-ring (bicyclic) bond motifs is 2. The first kappa shape index (κ1) is 23.4. The van der Waals surface area contributed by atoms with Gasteiger partial charge in [0, 0.05) is 11.0 Å². The molecule has 0 saturated carbocycles. The van der Waals surface area contributed by atoms with Gasteiger partial charge in [0.2, 0.25) is 5.76 Å². The van der Waals surface area contributed by atoms with Gasteiger partial charge in [0.1, 0.15) is 11.3 Å². The highest BCUT2D eigenvalue weighted by molar-refractivity contribution is 9.10. The zero-order valence-electron chi connectivity index (χ0n) is 19.9. The normalized spacial score (nSPS) is 15.2. The van der Waals surface area contributed by atoms with Gasteiger partial charge in [0.15, 0.2) is 5.43 Å². The van der Waals surface area contributed by atoms with Crippen molar-refractivity contribution in [2.75, 3.05) is 13.7 Å². The molecule has 0 N–H and O–H groups in total. The van der Waals surface area contributed by atoms with Gasteiger partial charge >= 0.3 is 0 Å². The van der Waals surface area contributed by atoms with Crippen LogP contribution in [0.4, 0.5) is 0 Å². The Kier molecular flexibility index (Phi) is 6.24. The molecule has 2 heterocycles. The largest absolute Gasteiger partial charge is 0.497 e. The maximum Gasteiger partial charge on any atom is 0.290 e. The number of benzene rings is 3. The molecule has 5 nitrogen and oxygen atoms in total. The van der Waals surface area contributed by atoms with Crippen LogP contribution in [0.1, 0.15) is 58.6 Å². The molecule has 0 radical (unpaired) electrons. The monoisotopic (exact) mass is 531 g/mol. The highest BCUT2D eigenvalue weighted by Gasteiger charge is 2.42. The number of carbonyl (C=O) groups excluding carboxylic acids is 1. The number of methoxy groups -OCH3 is 1. The van der Waals surface area contributed by atoms with Crippen molar-refractivity contribution in [3.8, 4) is 5.75 Å². The smallest absolute Gasteiger partial charge is 0.290 e. The number of halogens is 1. The Morgan fingerprint density at radius 2 is 1.71 bits per heavy atom. The first-order chi connectivity index (χ1) is 16.9. The standard InChI is InChI=1S/C29H26BrNO4/c1-17(2)19-6-8-20(9-7-19)26-25-27(32)23-16-21(30)10-13-24(23)35-28(25)29(33)31(26)15-14-18-4-11-22(34-3)12-5-18/h4-13,16-17,26H,14-15H2,1-3H3. The molecule has 0 spiro atoms.